The molecule has 0 amide bonds. The zero-order chi connectivity index (χ0) is 37.7. The number of nitrogens with zero attached hydrogens (tertiary/aromatic N) is 4. The number of fused-ring (bicyclic) bond motifs is 7. The van der Waals surface area contributed by atoms with Crippen molar-refractivity contribution in [2.24, 2.45) is 0 Å². The molecule has 0 unspecified atom stereocenters. The van der Waals surface area contributed by atoms with Gasteiger partial charge < -0.3 is 9.80 Å². The smallest absolute Gasteiger partial charge is 0.137 e. The van der Waals surface area contributed by atoms with Gasteiger partial charge in [-0.3, -0.25) is 4.57 Å². The van der Waals surface area contributed by atoms with Crippen LogP contribution in [0.25, 0.3) is 38.8 Å². The van der Waals surface area contributed by atoms with Gasteiger partial charge >= 0.3 is 0 Å². The molecule has 0 atom stereocenters. The largest absolute Gasteiger partial charge is 0.347 e. The molecule has 10 rings (SSSR count). The summed E-state index contributed by atoms with van der Waals surface area (Å²) in [6, 6.07) is 53.9. The van der Waals surface area contributed by atoms with Gasteiger partial charge in [-0.1, -0.05) is 103 Å². The summed E-state index contributed by atoms with van der Waals surface area (Å²) in [6.45, 7) is 5.31. The molecule has 0 radical (unpaired) electrons. The summed E-state index contributed by atoms with van der Waals surface area (Å²) in [6.07, 6.45) is 1.61. The lowest BCUT2D eigenvalue weighted by Gasteiger charge is -2.36. The molecule has 1 aliphatic carbocycles. The first-order chi connectivity index (χ1) is 26.5. The summed E-state index contributed by atoms with van der Waals surface area (Å²) in [4.78, 5) is 9.69. The number of hydrogen-bond acceptors (Lipinski definition) is 3. The van der Waals surface area contributed by atoms with E-state index in [4.69, 9.17) is 9.10 Å². The van der Waals surface area contributed by atoms with Crippen molar-refractivity contribution in [2.75, 3.05) is 16.5 Å². The Hall–Kier alpha value is -6.13. The molecule has 0 fully saturated rings. The number of rotatable bonds is 4. The molecular formula is C48H40N4. The van der Waals surface area contributed by atoms with E-state index in [1.807, 2.05) is 6.07 Å². The molecule has 0 bridgehead atoms. The monoisotopic (exact) mass is 675 g/mol. The van der Waals surface area contributed by atoms with Gasteiger partial charge in [0.05, 0.1) is 34.5 Å². The van der Waals surface area contributed by atoms with Crippen molar-refractivity contribution in [3.05, 3.63) is 186 Å². The number of anilines is 3. The van der Waals surface area contributed by atoms with E-state index in [0.29, 0.717) is 5.82 Å². The zero-order valence-electron chi connectivity index (χ0n) is 32.5. The van der Waals surface area contributed by atoms with Gasteiger partial charge in [0.2, 0.25) is 0 Å². The second-order valence-electron chi connectivity index (χ2n) is 15.0. The van der Waals surface area contributed by atoms with Crippen LogP contribution in [0.1, 0.15) is 52.7 Å². The molecule has 2 aliphatic rings. The normalized spacial score (nSPS) is 15.6. The molecular weight excluding hydrogens is 633 g/mol. The van der Waals surface area contributed by atoms with Crippen molar-refractivity contribution in [2.45, 2.75) is 38.6 Å². The van der Waals surface area contributed by atoms with Crippen molar-refractivity contribution in [1.29, 1.82) is 0 Å². The van der Waals surface area contributed by atoms with Gasteiger partial charge in [-0.25, -0.2) is 4.98 Å². The van der Waals surface area contributed by atoms with Crippen LogP contribution in [0.5, 0.6) is 0 Å². The molecule has 3 heterocycles. The lowest BCUT2D eigenvalue weighted by Crippen LogP contribution is -2.42. The van der Waals surface area contributed by atoms with E-state index in [-0.39, 0.29) is 11.1 Å². The second-order valence-corrected chi connectivity index (χ2v) is 15.0. The number of hydrogen-bond donors (Lipinski definition) is 0. The van der Waals surface area contributed by atoms with Crippen molar-refractivity contribution in [1.82, 2.24) is 9.55 Å². The Morgan fingerprint density at radius 1 is 0.615 bits per heavy atom. The predicted octanol–water partition coefficient (Wildman–Crippen LogP) is 11.6. The maximum absolute atomic E-state index is 8.18. The van der Waals surface area contributed by atoms with E-state index in [1.54, 1.807) is 18.3 Å². The molecule has 0 spiro atoms. The average Bonchev–Trinajstić information content (AvgIpc) is 3.85. The molecule has 252 valence electrons. The first-order valence-electron chi connectivity index (χ1n) is 19.5. The molecule has 8 aromatic rings. The summed E-state index contributed by atoms with van der Waals surface area (Å²) >= 11 is 0. The zero-order valence-corrected chi connectivity index (χ0v) is 29.5. The van der Waals surface area contributed by atoms with Gasteiger partial charge in [-0.05, 0) is 115 Å². The van der Waals surface area contributed by atoms with Gasteiger partial charge in [0.15, 0.2) is 0 Å². The third-order valence-electron chi connectivity index (χ3n) is 11.2. The van der Waals surface area contributed by atoms with Crippen molar-refractivity contribution < 1.29 is 4.11 Å². The summed E-state index contributed by atoms with van der Waals surface area (Å²) in [5.74, 6) is 0.580. The van der Waals surface area contributed by atoms with Gasteiger partial charge in [-0.2, -0.15) is 0 Å². The Kier molecular flexibility index (Phi) is 5.93. The number of para-hydroxylation sites is 3. The summed E-state index contributed by atoms with van der Waals surface area (Å²) in [5.41, 5.74) is 12.3. The van der Waals surface area contributed by atoms with Crippen molar-refractivity contribution >= 4 is 38.9 Å². The summed E-state index contributed by atoms with van der Waals surface area (Å²) < 4.78 is 26.7. The van der Waals surface area contributed by atoms with Crippen LogP contribution >= 0.6 is 0 Å². The molecule has 2 aromatic heterocycles. The van der Waals surface area contributed by atoms with Crippen LogP contribution < -0.4 is 9.80 Å². The first-order valence-corrected chi connectivity index (χ1v) is 18.0. The van der Waals surface area contributed by atoms with Crippen LogP contribution in [0.2, 0.25) is 0 Å². The van der Waals surface area contributed by atoms with Crippen molar-refractivity contribution in [3.8, 4) is 16.9 Å². The quantitative estimate of drug-likeness (QED) is 0.186. The highest BCUT2D eigenvalue weighted by molar-refractivity contribution is 6.09. The minimum atomic E-state index is -2.26. The Bertz CT molecular complexity index is 2760. The molecule has 0 saturated carbocycles. The van der Waals surface area contributed by atoms with Crippen LogP contribution in [0, 0.1) is 6.85 Å². The summed E-state index contributed by atoms with van der Waals surface area (Å²) in [7, 11) is 0. The maximum atomic E-state index is 8.18. The van der Waals surface area contributed by atoms with E-state index in [9.17, 15) is 0 Å². The van der Waals surface area contributed by atoms with Crippen LogP contribution in [0.15, 0.2) is 158 Å². The molecule has 1 aliphatic heterocycles. The third-order valence-corrected chi connectivity index (χ3v) is 11.2. The predicted molar refractivity (Wildman–Crippen MR) is 216 cm³/mol. The van der Waals surface area contributed by atoms with Gasteiger partial charge in [0, 0.05) is 32.3 Å². The Labute approximate surface area is 309 Å². The lowest BCUT2D eigenvalue weighted by molar-refractivity contribution is 0.518. The fraction of sp³-hybridized carbons (Fsp3) is 0.146. The molecule has 4 nitrogen and oxygen atoms in total. The minimum Gasteiger partial charge on any atom is -0.347 e. The number of pyridine rings is 1. The average molecular weight is 676 g/mol. The standard InChI is InChI=1S/C48H40N4/c1-32-26-27-49-46(28-32)52-42-21-10-7-18-38(42)39-25-24-34(30-45(39)52)48(40-19-8-5-16-36(40)37-17-6-9-20-41(37)48)33-14-13-15-35(29-33)50-31-51(47(2,3)4)44-23-12-11-22-43(44)50/h5-30H,31H2,1-4H3/i1D3. The Morgan fingerprint density at radius 3 is 2.06 bits per heavy atom. The summed E-state index contributed by atoms with van der Waals surface area (Å²) in [5, 5.41) is 2.17. The number of aryl methyl sites for hydroxylation is 1. The fourth-order valence-electron chi connectivity index (χ4n) is 8.93. The van der Waals surface area contributed by atoms with Gasteiger partial charge in [0.25, 0.3) is 0 Å². The van der Waals surface area contributed by atoms with Crippen LogP contribution in [-0.2, 0) is 5.41 Å². The van der Waals surface area contributed by atoms with Gasteiger partial charge in [-0.15, -0.1) is 0 Å². The Balaban J connectivity index is 1.25. The van der Waals surface area contributed by atoms with E-state index < -0.39 is 12.3 Å². The van der Waals surface area contributed by atoms with E-state index in [1.165, 1.54) is 39.2 Å². The molecule has 0 N–H and O–H groups in total. The van der Waals surface area contributed by atoms with Crippen LogP contribution in [0.3, 0.4) is 0 Å². The Morgan fingerprint density at radius 2 is 1.29 bits per heavy atom. The molecule has 6 aromatic carbocycles. The van der Waals surface area contributed by atoms with Gasteiger partial charge in [0.1, 0.15) is 5.82 Å². The fourth-order valence-corrected chi connectivity index (χ4v) is 8.93. The maximum Gasteiger partial charge on any atom is 0.137 e. The topological polar surface area (TPSA) is 24.3 Å². The van der Waals surface area contributed by atoms with Crippen molar-refractivity contribution in [3.63, 3.8) is 0 Å². The van der Waals surface area contributed by atoms with Crippen LogP contribution in [-0.4, -0.2) is 21.8 Å². The molecule has 52 heavy (non-hydrogen) atoms. The number of benzene rings is 6. The van der Waals surface area contributed by atoms with E-state index in [2.05, 4.69) is 169 Å². The van der Waals surface area contributed by atoms with E-state index in [0.717, 1.165) is 39.7 Å². The number of aromatic nitrogens is 2. The molecule has 0 saturated heterocycles. The highest BCUT2D eigenvalue weighted by Crippen LogP contribution is 2.57. The second kappa shape index (κ2) is 11.2. The molecule has 4 heteroatoms. The first kappa shape index (κ1) is 27.6. The lowest BCUT2D eigenvalue weighted by atomic mass is 9.67. The van der Waals surface area contributed by atoms with Crippen LogP contribution in [0.4, 0.5) is 17.1 Å². The SMILES string of the molecule is [2H]C([2H])([2H])c1ccnc(-n2c3ccccc3c3ccc(C4(c5cccc(N6CN(C(C)(C)C)c7ccccc76)c5)c5ccccc5-c5ccccc54)cc32)c1. The highest BCUT2D eigenvalue weighted by Gasteiger charge is 2.46. The highest BCUT2D eigenvalue weighted by atomic mass is 15.4. The van der Waals surface area contributed by atoms with E-state index >= 15 is 0 Å². The minimum absolute atomic E-state index is 0.0568. The third kappa shape index (κ3) is 4.30.